The molecule has 0 aromatic rings. The van der Waals surface area contributed by atoms with Crippen LogP contribution in [0.25, 0.3) is 0 Å². The Kier molecular flexibility index (Phi) is 6.55. The molecule has 11 atom stereocenters. The highest BCUT2D eigenvalue weighted by Gasteiger charge is 2.62. The summed E-state index contributed by atoms with van der Waals surface area (Å²) in [5, 5.41) is 30.8. The van der Waals surface area contributed by atoms with E-state index in [4.69, 9.17) is 5.11 Å². The van der Waals surface area contributed by atoms with E-state index in [0.717, 1.165) is 44.9 Å². The number of aliphatic carboxylic acids is 1. The molecule has 0 saturated heterocycles. The topological polar surface area (TPSA) is 77.8 Å². The highest BCUT2D eigenvalue weighted by atomic mass is 16.4. The normalized spacial score (nSPS) is 48.9. The van der Waals surface area contributed by atoms with Crippen molar-refractivity contribution in [1.29, 1.82) is 0 Å². The number of fused-ring (bicyclic) bond motifs is 5. The summed E-state index contributed by atoms with van der Waals surface area (Å²) >= 11 is 0. The number of hydrogen-bond acceptors (Lipinski definition) is 3. The Morgan fingerprint density at radius 1 is 0.935 bits per heavy atom. The van der Waals surface area contributed by atoms with E-state index >= 15 is 0 Å². The molecule has 0 aromatic heterocycles. The summed E-state index contributed by atoms with van der Waals surface area (Å²) in [4.78, 5) is 11.1. The number of aliphatic hydroxyl groups excluding tert-OH is 2. The van der Waals surface area contributed by atoms with Gasteiger partial charge >= 0.3 is 5.97 Å². The van der Waals surface area contributed by atoms with Crippen LogP contribution in [0.5, 0.6) is 0 Å². The molecule has 4 nitrogen and oxygen atoms in total. The maximum Gasteiger partial charge on any atom is 0.306 e. The van der Waals surface area contributed by atoms with E-state index in [0.29, 0.717) is 46.3 Å². The molecule has 31 heavy (non-hydrogen) atoms. The lowest BCUT2D eigenvalue weighted by molar-refractivity contribution is -0.174. The minimum absolute atomic E-state index is 0.170. The van der Waals surface area contributed by atoms with Crippen molar-refractivity contribution in [3.63, 3.8) is 0 Å². The number of carboxylic acids is 1. The molecule has 4 heteroatoms. The summed E-state index contributed by atoms with van der Waals surface area (Å²) in [6.45, 7) is 9.22. The summed E-state index contributed by atoms with van der Waals surface area (Å²) in [6.07, 6.45) is 11.4. The zero-order valence-corrected chi connectivity index (χ0v) is 20.2. The van der Waals surface area contributed by atoms with Gasteiger partial charge in [-0.05, 0) is 104 Å². The highest BCUT2D eigenvalue weighted by Crippen LogP contribution is 2.68. The fourth-order valence-electron chi connectivity index (χ4n) is 9.25. The lowest BCUT2D eigenvalue weighted by Crippen LogP contribution is -2.58. The van der Waals surface area contributed by atoms with Crippen molar-refractivity contribution < 1.29 is 20.1 Å². The summed E-state index contributed by atoms with van der Waals surface area (Å²) in [5.74, 6) is 2.55. The maximum absolute atomic E-state index is 11.3. The SMILES string of the molecule is C[C@H](CCC[C@H](C)[C@H]1CC[C@H]2[C@@H]3[C@H](O)C[C@H]4C[C@H](O)CC[C@]4(C)[C@H]3CC[C@]12C)C(=O)O. The quantitative estimate of drug-likeness (QED) is 0.515. The second-order valence-electron chi connectivity index (χ2n) is 12.6. The molecule has 3 N–H and O–H groups in total. The molecule has 0 heterocycles. The molecular formula is C27H46O4. The first-order valence-corrected chi connectivity index (χ1v) is 13.2. The molecule has 0 aromatic carbocycles. The average Bonchev–Trinajstić information content (AvgIpc) is 3.06. The number of rotatable bonds is 6. The predicted octanol–water partition coefficient (Wildman–Crippen LogP) is 5.50. The van der Waals surface area contributed by atoms with Gasteiger partial charge in [-0.1, -0.05) is 40.5 Å². The Morgan fingerprint density at radius 3 is 2.32 bits per heavy atom. The molecule has 4 aliphatic rings. The van der Waals surface area contributed by atoms with Crippen molar-refractivity contribution in [2.24, 2.45) is 52.3 Å². The van der Waals surface area contributed by atoms with Crippen molar-refractivity contribution in [1.82, 2.24) is 0 Å². The number of carboxylic acid groups (broad SMARTS) is 1. The van der Waals surface area contributed by atoms with Gasteiger partial charge in [-0.2, -0.15) is 0 Å². The molecule has 4 saturated carbocycles. The third-order valence-electron chi connectivity index (χ3n) is 11.1. The number of carbonyl (C=O) groups is 1. The third-order valence-corrected chi connectivity index (χ3v) is 11.1. The molecule has 178 valence electrons. The summed E-state index contributed by atoms with van der Waals surface area (Å²) in [6, 6.07) is 0. The van der Waals surface area contributed by atoms with Crippen molar-refractivity contribution in [2.75, 3.05) is 0 Å². The molecule has 0 aliphatic heterocycles. The van der Waals surface area contributed by atoms with Crippen LogP contribution < -0.4 is 0 Å². The maximum atomic E-state index is 11.3. The van der Waals surface area contributed by atoms with Gasteiger partial charge in [-0.25, -0.2) is 0 Å². The third kappa shape index (κ3) is 3.98. The first kappa shape index (κ1) is 23.5. The van der Waals surface area contributed by atoms with Crippen molar-refractivity contribution >= 4 is 5.97 Å². The van der Waals surface area contributed by atoms with Crippen LogP contribution in [0, 0.1) is 52.3 Å². The van der Waals surface area contributed by atoms with Crippen LogP contribution in [0.2, 0.25) is 0 Å². The molecule has 0 radical (unpaired) electrons. The zero-order chi connectivity index (χ0) is 22.6. The Bertz CT molecular complexity index is 664. The lowest BCUT2D eigenvalue weighted by Gasteiger charge is -2.62. The van der Waals surface area contributed by atoms with Gasteiger partial charge in [0.1, 0.15) is 0 Å². The van der Waals surface area contributed by atoms with E-state index in [9.17, 15) is 15.0 Å². The number of aliphatic hydroxyl groups is 2. The van der Waals surface area contributed by atoms with E-state index in [1.807, 2.05) is 6.92 Å². The number of hydrogen-bond donors (Lipinski definition) is 3. The standard InChI is InChI=1S/C27H46O4/c1-16(6-5-7-17(2)25(30)31)20-8-9-21-24-22(11-13-27(20,21)4)26(3)12-10-19(28)14-18(26)15-23(24)29/h16-24,28-29H,5-15H2,1-4H3,(H,30,31)/t16-,17+,18+,19+,20+,21-,22-,23+,24-,26-,27+/m0/s1. The molecule has 4 aliphatic carbocycles. The molecule has 0 amide bonds. The van der Waals surface area contributed by atoms with E-state index in [1.165, 1.54) is 25.7 Å². The van der Waals surface area contributed by atoms with Gasteiger partial charge < -0.3 is 15.3 Å². The second-order valence-corrected chi connectivity index (χ2v) is 12.6. The molecule has 0 unspecified atom stereocenters. The predicted molar refractivity (Wildman–Crippen MR) is 122 cm³/mol. The smallest absolute Gasteiger partial charge is 0.306 e. The average molecular weight is 435 g/mol. The molecule has 0 spiro atoms. The zero-order valence-electron chi connectivity index (χ0n) is 20.2. The van der Waals surface area contributed by atoms with Crippen LogP contribution in [0.1, 0.15) is 98.3 Å². The Labute approximate surface area is 189 Å². The van der Waals surface area contributed by atoms with Crippen LogP contribution in [-0.4, -0.2) is 33.5 Å². The van der Waals surface area contributed by atoms with Crippen LogP contribution in [0.4, 0.5) is 0 Å². The van der Waals surface area contributed by atoms with Crippen LogP contribution >= 0.6 is 0 Å². The van der Waals surface area contributed by atoms with Gasteiger partial charge in [0.15, 0.2) is 0 Å². The minimum atomic E-state index is -0.674. The summed E-state index contributed by atoms with van der Waals surface area (Å²) in [7, 11) is 0. The van der Waals surface area contributed by atoms with Crippen molar-refractivity contribution in [3.05, 3.63) is 0 Å². The first-order chi connectivity index (χ1) is 14.6. The van der Waals surface area contributed by atoms with Crippen LogP contribution in [0.3, 0.4) is 0 Å². The van der Waals surface area contributed by atoms with Gasteiger partial charge in [0.05, 0.1) is 18.1 Å². The Morgan fingerprint density at radius 2 is 1.61 bits per heavy atom. The van der Waals surface area contributed by atoms with Crippen molar-refractivity contribution in [3.8, 4) is 0 Å². The minimum Gasteiger partial charge on any atom is -0.481 e. The lowest BCUT2D eigenvalue weighted by atomic mass is 9.43. The van der Waals surface area contributed by atoms with E-state index in [1.54, 1.807) is 0 Å². The molecule has 4 rings (SSSR count). The Balaban J connectivity index is 1.46. The van der Waals surface area contributed by atoms with E-state index < -0.39 is 5.97 Å². The largest absolute Gasteiger partial charge is 0.481 e. The van der Waals surface area contributed by atoms with Gasteiger partial charge in [-0.15, -0.1) is 0 Å². The van der Waals surface area contributed by atoms with Gasteiger partial charge in [0, 0.05) is 0 Å². The highest BCUT2D eigenvalue weighted by molar-refractivity contribution is 5.69. The fourth-order valence-corrected chi connectivity index (χ4v) is 9.25. The summed E-state index contributed by atoms with van der Waals surface area (Å²) in [5.41, 5.74) is 0.610. The second kappa shape index (κ2) is 8.63. The first-order valence-electron chi connectivity index (χ1n) is 13.2. The van der Waals surface area contributed by atoms with E-state index in [2.05, 4.69) is 20.8 Å². The Hall–Kier alpha value is -0.610. The summed E-state index contributed by atoms with van der Waals surface area (Å²) < 4.78 is 0. The fraction of sp³-hybridized carbons (Fsp3) is 0.963. The van der Waals surface area contributed by atoms with Gasteiger partial charge in [0.25, 0.3) is 0 Å². The molecule has 4 fully saturated rings. The molecule has 0 bridgehead atoms. The van der Waals surface area contributed by atoms with Gasteiger partial charge in [0.2, 0.25) is 0 Å². The molecular weight excluding hydrogens is 388 g/mol. The van der Waals surface area contributed by atoms with Crippen molar-refractivity contribution in [2.45, 2.75) is 111 Å². The monoisotopic (exact) mass is 434 g/mol. The van der Waals surface area contributed by atoms with Gasteiger partial charge in [-0.3, -0.25) is 4.79 Å². The van der Waals surface area contributed by atoms with Crippen LogP contribution in [0.15, 0.2) is 0 Å². The van der Waals surface area contributed by atoms with Crippen LogP contribution in [-0.2, 0) is 4.79 Å². The van der Waals surface area contributed by atoms with E-state index in [-0.39, 0.29) is 18.1 Å².